The zero-order chi connectivity index (χ0) is 7.40. The first-order valence-corrected chi connectivity index (χ1v) is 4.02. The van der Waals surface area contributed by atoms with Gasteiger partial charge in [-0.3, -0.25) is 0 Å². The zero-order valence-corrected chi connectivity index (χ0v) is 6.52. The molecule has 1 rings (SSSR count). The van der Waals surface area contributed by atoms with Crippen molar-refractivity contribution in [1.29, 1.82) is 0 Å². The first kappa shape index (κ1) is 7.73. The molecule has 0 aliphatic heterocycles. The van der Waals surface area contributed by atoms with Gasteiger partial charge >= 0.3 is 0 Å². The molecule has 1 saturated carbocycles. The van der Waals surface area contributed by atoms with Crippen molar-refractivity contribution in [3.8, 4) is 0 Å². The molecule has 0 bridgehead atoms. The third-order valence-electron chi connectivity index (χ3n) is 1.72. The van der Waals surface area contributed by atoms with E-state index in [1.807, 2.05) is 0 Å². The minimum absolute atomic E-state index is 0.303. The summed E-state index contributed by atoms with van der Waals surface area (Å²) in [7, 11) is 0. The normalized spacial score (nSPS) is 17.3. The van der Waals surface area contributed by atoms with Crippen molar-refractivity contribution in [3.05, 3.63) is 0 Å². The Morgan fingerprint density at radius 3 is 2.80 bits per heavy atom. The van der Waals surface area contributed by atoms with E-state index in [9.17, 15) is 4.79 Å². The average molecular weight is 141 g/mol. The lowest BCUT2D eigenvalue weighted by atomic mass is 10.2. The number of Topliss-reactive ketones (excluding diaryl/α,β-unsaturated/α-hetero) is 1. The second kappa shape index (κ2) is 3.71. The van der Waals surface area contributed by atoms with Gasteiger partial charge in [0.1, 0.15) is 5.78 Å². The Kier molecular flexibility index (Phi) is 2.87. The molecule has 0 aromatic heterocycles. The fraction of sp³-hybridized carbons (Fsp3) is 0.875. The molecule has 0 unspecified atom stereocenters. The van der Waals surface area contributed by atoms with E-state index >= 15 is 0 Å². The summed E-state index contributed by atoms with van der Waals surface area (Å²) in [6.45, 7) is 2.67. The molecular formula is C8H15NO. The number of rotatable bonds is 5. The van der Waals surface area contributed by atoms with Crippen molar-refractivity contribution >= 4 is 5.78 Å². The molecule has 2 nitrogen and oxygen atoms in total. The molecule has 0 saturated heterocycles. The number of ketones is 1. The van der Waals surface area contributed by atoms with Crippen LogP contribution in [-0.2, 0) is 4.79 Å². The van der Waals surface area contributed by atoms with Gasteiger partial charge in [0.25, 0.3) is 0 Å². The van der Waals surface area contributed by atoms with Crippen molar-refractivity contribution < 1.29 is 4.79 Å². The van der Waals surface area contributed by atoms with Gasteiger partial charge in [0.2, 0.25) is 0 Å². The van der Waals surface area contributed by atoms with Gasteiger partial charge in [-0.2, -0.15) is 0 Å². The van der Waals surface area contributed by atoms with E-state index in [1.165, 1.54) is 12.8 Å². The van der Waals surface area contributed by atoms with Crippen LogP contribution < -0.4 is 5.32 Å². The highest BCUT2D eigenvalue weighted by Crippen LogP contribution is 2.18. The van der Waals surface area contributed by atoms with Gasteiger partial charge in [-0.1, -0.05) is 0 Å². The second-order valence-electron chi connectivity index (χ2n) is 3.03. The summed E-state index contributed by atoms with van der Waals surface area (Å²) in [6, 6.07) is 0.784. The molecule has 1 fully saturated rings. The molecule has 2 heteroatoms. The highest BCUT2D eigenvalue weighted by atomic mass is 16.1. The molecule has 58 valence electrons. The van der Waals surface area contributed by atoms with Crippen LogP contribution >= 0.6 is 0 Å². The summed E-state index contributed by atoms with van der Waals surface area (Å²) in [5, 5.41) is 3.36. The van der Waals surface area contributed by atoms with Crippen LogP contribution in [0.15, 0.2) is 0 Å². The lowest BCUT2D eigenvalue weighted by molar-refractivity contribution is -0.117. The van der Waals surface area contributed by atoms with E-state index in [0.29, 0.717) is 5.78 Å². The molecule has 0 aromatic rings. The van der Waals surface area contributed by atoms with Gasteiger partial charge < -0.3 is 10.1 Å². The largest absolute Gasteiger partial charge is 0.314 e. The number of hydrogen-bond acceptors (Lipinski definition) is 2. The summed E-state index contributed by atoms with van der Waals surface area (Å²) < 4.78 is 0. The summed E-state index contributed by atoms with van der Waals surface area (Å²) in [5.74, 6) is 0.303. The standard InChI is InChI=1S/C8H15NO/c1-7(10)3-2-6-9-8-4-5-8/h8-9H,2-6H2,1H3. The first-order chi connectivity index (χ1) is 4.79. The Labute approximate surface area is 62.0 Å². The minimum Gasteiger partial charge on any atom is -0.314 e. The summed E-state index contributed by atoms with van der Waals surface area (Å²) in [5.41, 5.74) is 0. The molecule has 1 N–H and O–H groups in total. The second-order valence-corrected chi connectivity index (χ2v) is 3.03. The third-order valence-corrected chi connectivity index (χ3v) is 1.72. The van der Waals surface area contributed by atoms with E-state index < -0.39 is 0 Å². The van der Waals surface area contributed by atoms with Gasteiger partial charge in [0, 0.05) is 12.5 Å². The molecule has 0 radical (unpaired) electrons. The first-order valence-electron chi connectivity index (χ1n) is 4.02. The Balaban J connectivity index is 1.80. The minimum atomic E-state index is 0.303. The van der Waals surface area contributed by atoms with E-state index in [0.717, 1.165) is 25.4 Å². The van der Waals surface area contributed by atoms with E-state index in [1.54, 1.807) is 6.92 Å². The molecule has 0 aromatic carbocycles. The smallest absolute Gasteiger partial charge is 0.129 e. The maximum Gasteiger partial charge on any atom is 0.129 e. The Hall–Kier alpha value is -0.370. The van der Waals surface area contributed by atoms with E-state index in [-0.39, 0.29) is 0 Å². The van der Waals surface area contributed by atoms with Crippen LogP contribution in [0.25, 0.3) is 0 Å². The van der Waals surface area contributed by atoms with E-state index in [2.05, 4.69) is 5.32 Å². The van der Waals surface area contributed by atoms with Crippen molar-refractivity contribution in [2.24, 2.45) is 0 Å². The van der Waals surface area contributed by atoms with Crippen LogP contribution in [0.1, 0.15) is 32.6 Å². The summed E-state index contributed by atoms with van der Waals surface area (Å²) in [6.07, 6.45) is 4.41. The van der Waals surface area contributed by atoms with Gasteiger partial charge in [-0.25, -0.2) is 0 Å². The molecule has 0 spiro atoms. The van der Waals surface area contributed by atoms with Gasteiger partial charge in [-0.05, 0) is 32.7 Å². The predicted molar refractivity (Wildman–Crippen MR) is 40.9 cm³/mol. The van der Waals surface area contributed by atoms with Crippen molar-refractivity contribution in [2.75, 3.05) is 6.54 Å². The lowest BCUT2D eigenvalue weighted by Crippen LogP contribution is -2.17. The van der Waals surface area contributed by atoms with Crippen LogP contribution in [0.4, 0.5) is 0 Å². The Bertz CT molecular complexity index is 118. The van der Waals surface area contributed by atoms with Crippen LogP contribution in [0.5, 0.6) is 0 Å². The van der Waals surface area contributed by atoms with Crippen LogP contribution in [0.2, 0.25) is 0 Å². The quantitative estimate of drug-likeness (QED) is 0.581. The van der Waals surface area contributed by atoms with Crippen LogP contribution in [0, 0.1) is 0 Å². The Morgan fingerprint density at radius 1 is 1.60 bits per heavy atom. The van der Waals surface area contributed by atoms with Crippen molar-refractivity contribution in [2.45, 2.75) is 38.6 Å². The molecule has 1 aliphatic rings. The average Bonchev–Trinajstić information content (AvgIpc) is 2.62. The summed E-state index contributed by atoms with van der Waals surface area (Å²) >= 11 is 0. The van der Waals surface area contributed by atoms with Gasteiger partial charge in [-0.15, -0.1) is 0 Å². The molecule has 0 amide bonds. The SMILES string of the molecule is CC(=O)CCCNC1CC1. The molecule has 0 atom stereocenters. The zero-order valence-electron chi connectivity index (χ0n) is 6.52. The van der Waals surface area contributed by atoms with Crippen LogP contribution in [0.3, 0.4) is 0 Å². The maximum absolute atomic E-state index is 10.5. The number of carbonyl (C=O) groups excluding carboxylic acids is 1. The highest BCUT2D eigenvalue weighted by Gasteiger charge is 2.19. The number of nitrogens with one attached hydrogen (secondary N) is 1. The van der Waals surface area contributed by atoms with Crippen LogP contribution in [-0.4, -0.2) is 18.4 Å². The molecule has 0 heterocycles. The number of hydrogen-bond donors (Lipinski definition) is 1. The number of carbonyl (C=O) groups is 1. The highest BCUT2D eigenvalue weighted by molar-refractivity contribution is 5.75. The monoisotopic (exact) mass is 141 g/mol. The lowest BCUT2D eigenvalue weighted by Gasteiger charge is -1.98. The Morgan fingerprint density at radius 2 is 2.30 bits per heavy atom. The van der Waals surface area contributed by atoms with Gasteiger partial charge in [0.05, 0.1) is 0 Å². The van der Waals surface area contributed by atoms with Crippen molar-refractivity contribution in [1.82, 2.24) is 5.32 Å². The topological polar surface area (TPSA) is 29.1 Å². The van der Waals surface area contributed by atoms with E-state index in [4.69, 9.17) is 0 Å². The van der Waals surface area contributed by atoms with Crippen molar-refractivity contribution in [3.63, 3.8) is 0 Å². The predicted octanol–water partition coefficient (Wildman–Crippen LogP) is 1.11. The molecule has 10 heavy (non-hydrogen) atoms. The third kappa shape index (κ3) is 3.62. The summed E-state index contributed by atoms with van der Waals surface area (Å²) in [4.78, 5) is 10.5. The fourth-order valence-electron chi connectivity index (χ4n) is 0.931. The fourth-order valence-corrected chi connectivity index (χ4v) is 0.931. The molecular weight excluding hydrogens is 126 g/mol. The molecule has 1 aliphatic carbocycles. The maximum atomic E-state index is 10.5. The van der Waals surface area contributed by atoms with Gasteiger partial charge in [0.15, 0.2) is 0 Å².